The second-order valence-corrected chi connectivity index (χ2v) is 13.7. The van der Waals surface area contributed by atoms with E-state index in [1.54, 1.807) is 0 Å². The molecule has 10 aromatic rings. The molecule has 0 spiro atoms. The van der Waals surface area contributed by atoms with Crippen LogP contribution in [0.3, 0.4) is 0 Å². The predicted octanol–water partition coefficient (Wildman–Crippen LogP) is 14.8. The molecule has 0 unspecified atom stereocenters. The monoisotopic (exact) mass is 673 g/mol. The van der Waals surface area contributed by atoms with Crippen LogP contribution in [0.2, 0.25) is 0 Å². The molecule has 0 N–H and O–H groups in total. The summed E-state index contributed by atoms with van der Waals surface area (Å²) >= 11 is 0. The van der Waals surface area contributed by atoms with Crippen molar-refractivity contribution in [2.24, 2.45) is 0 Å². The summed E-state index contributed by atoms with van der Waals surface area (Å²) < 4.78 is 0. The topological polar surface area (TPSA) is 3.24 Å². The molecule has 53 heavy (non-hydrogen) atoms. The van der Waals surface area contributed by atoms with E-state index in [0.717, 1.165) is 17.1 Å². The van der Waals surface area contributed by atoms with Crippen LogP contribution in [0.4, 0.5) is 17.1 Å². The van der Waals surface area contributed by atoms with Gasteiger partial charge >= 0.3 is 0 Å². The molecule has 0 amide bonds. The van der Waals surface area contributed by atoms with Crippen molar-refractivity contribution in [1.29, 1.82) is 0 Å². The molecule has 0 atom stereocenters. The quantitative estimate of drug-likeness (QED) is 0.159. The van der Waals surface area contributed by atoms with Gasteiger partial charge in [0.25, 0.3) is 0 Å². The van der Waals surface area contributed by atoms with Crippen molar-refractivity contribution in [3.8, 4) is 33.4 Å². The molecule has 0 aliphatic rings. The Balaban J connectivity index is 1.15. The van der Waals surface area contributed by atoms with Crippen molar-refractivity contribution >= 4 is 60.2 Å². The van der Waals surface area contributed by atoms with E-state index in [9.17, 15) is 0 Å². The lowest BCUT2D eigenvalue weighted by Crippen LogP contribution is -2.11. The number of hydrogen-bond donors (Lipinski definition) is 0. The average Bonchev–Trinajstić information content (AvgIpc) is 3.24. The van der Waals surface area contributed by atoms with E-state index < -0.39 is 0 Å². The van der Waals surface area contributed by atoms with E-state index in [2.05, 4.69) is 217 Å². The molecule has 0 heterocycles. The van der Waals surface area contributed by atoms with Gasteiger partial charge in [-0.1, -0.05) is 182 Å². The summed E-state index contributed by atoms with van der Waals surface area (Å²) in [4.78, 5) is 2.40. The van der Waals surface area contributed by atoms with Gasteiger partial charge in [-0.15, -0.1) is 0 Å². The van der Waals surface area contributed by atoms with Crippen molar-refractivity contribution in [1.82, 2.24) is 0 Å². The largest absolute Gasteiger partial charge is 0.310 e. The molecule has 248 valence electrons. The highest BCUT2D eigenvalue weighted by Gasteiger charge is 2.19. The number of anilines is 3. The summed E-state index contributed by atoms with van der Waals surface area (Å²) in [6.07, 6.45) is 0. The van der Waals surface area contributed by atoms with Crippen LogP contribution >= 0.6 is 0 Å². The highest BCUT2D eigenvalue weighted by atomic mass is 15.1. The summed E-state index contributed by atoms with van der Waals surface area (Å²) in [7, 11) is 0. The Hall–Kier alpha value is -6.96. The number of nitrogens with zero attached hydrogens (tertiary/aromatic N) is 1. The summed E-state index contributed by atoms with van der Waals surface area (Å²) in [5, 5.41) is 10.1. The van der Waals surface area contributed by atoms with Gasteiger partial charge in [0.1, 0.15) is 0 Å². The van der Waals surface area contributed by atoms with Crippen molar-refractivity contribution in [2.75, 3.05) is 4.90 Å². The van der Waals surface area contributed by atoms with Crippen LogP contribution in [0.15, 0.2) is 212 Å². The van der Waals surface area contributed by atoms with Crippen molar-refractivity contribution in [3.63, 3.8) is 0 Å². The first-order valence-electron chi connectivity index (χ1n) is 18.3. The molecule has 0 aromatic heterocycles. The molecule has 1 nitrogen and oxygen atoms in total. The maximum atomic E-state index is 2.40. The fourth-order valence-electron chi connectivity index (χ4n) is 8.12. The van der Waals surface area contributed by atoms with E-state index in [1.165, 1.54) is 76.5 Å². The molecule has 0 fully saturated rings. The van der Waals surface area contributed by atoms with Gasteiger partial charge in [-0.05, 0) is 101 Å². The standard InChI is InChI=1S/C52H35N/c1-2-12-36(13-3-1)37-28-32-43(33-29-37)53(50-23-9-8-20-49(50)48-22-10-16-38-14-4-6-18-45(38)48)44-34-30-40(31-35-44)47-21-11-17-41-26-27-42-25-24-39-15-5-7-19-46(39)52(42)51(41)47/h1-35H. The third-order valence-electron chi connectivity index (χ3n) is 10.6. The molecule has 0 bridgehead atoms. The van der Waals surface area contributed by atoms with E-state index in [4.69, 9.17) is 0 Å². The minimum absolute atomic E-state index is 1.10. The SMILES string of the molecule is c1ccc(-c2ccc(N(c3ccc(-c4cccc5ccc6ccc7ccccc7c6c45)cc3)c3ccccc3-c3cccc4ccccc34)cc2)cc1. The maximum Gasteiger partial charge on any atom is 0.0540 e. The smallest absolute Gasteiger partial charge is 0.0540 e. The minimum atomic E-state index is 1.10. The third-order valence-corrected chi connectivity index (χ3v) is 10.6. The predicted molar refractivity (Wildman–Crippen MR) is 227 cm³/mol. The molecule has 0 saturated heterocycles. The number of fused-ring (bicyclic) bond motifs is 6. The Labute approximate surface area is 309 Å². The number of hydrogen-bond acceptors (Lipinski definition) is 1. The Bertz CT molecular complexity index is 2910. The van der Waals surface area contributed by atoms with Gasteiger partial charge in [-0.3, -0.25) is 0 Å². The van der Waals surface area contributed by atoms with E-state index in [1.807, 2.05) is 0 Å². The summed E-state index contributed by atoms with van der Waals surface area (Å²) in [5.41, 5.74) is 10.6. The van der Waals surface area contributed by atoms with Gasteiger partial charge in [0.15, 0.2) is 0 Å². The Morgan fingerprint density at radius 3 is 1.45 bits per heavy atom. The molecular formula is C52H35N. The van der Waals surface area contributed by atoms with E-state index in [0.29, 0.717) is 0 Å². The molecule has 10 rings (SSSR count). The molecule has 10 aromatic carbocycles. The van der Waals surface area contributed by atoms with Crippen LogP contribution in [0.5, 0.6) is 0 Å². The number of benzene rings is 10. The van der Waals surface area contributed by atoms with Crippen LogP contribution in [0.25, 0.3) is 76.5 Å². The zero-order valence-electron chi connectivity index (χ0n) is 29.2. The van der Waals surface area contributed by atoms with Gasteiger partial charge in [0.2, 0.25) is 0 Å². The zero-order chi connectivity index (χ0) is 35.1. The Morgan fingerprint density at radius 1 is 0.245 bits per heavy atom. The first kappa shape index (κ1) is 30.8. The Morgan fingerprint density at radius 2 is 0.717 bits per heavy atom. The summed E-state index contributed by atoms with van der Waals surface area (Å²) in [6.45, 7) is 0. The summed E-state index contributed by atoms with van der Waals surface area (Å²) in [6, 6.07) is 77.2. The molecule has 0 aliphatic heterocycles. The zero-order valence-corrected chi connectivity index (χ0v) is 29.2. The van der Waals surface area contributed by atoms with Gasteiger partial charge in [-0.25, -0.2) is 0 Å². The first-order chi connectivity index (χ1) is 26.3. The number of para-hydroxylation sites is 1. The lowest BCUT2D eigenvalue weighted by atomic mass is 9.91. The van der Waals surface area contributed by atoms with Crippen LogP contribution in [0, 0.1) is 0 Å². The normalized spacial score (nSPS) is 11.4. The van der Waals surface area contributed by atoms with Crippen molar-refractivity contribution in [2.45, 2.75) is 0 Å². The minimum Gasteiger partial charge on any atom is -0.310 e. The highest BCUT2D eigenvalue weighted by Crippen LogP contribution is 2.44. The van der Waals surface area contributed by atoms with Crippen LogP contribution < -0.4 is 4.90 Å². The third kappa shape index (κ3) is 5.42. The van der Waals surface area contributed by atoms with Gasteiger partial charge in [0, 0.05) is 16.9 Å². The highest BCUT2D eigenvalue weighted by molar-refractivity contribution is 6.24. The maximum absolute atomic E-state index is 2.40. The van der Waals surface area contributed by atoms with Crippen LogP contribution in [-0.2, 0) is 0 Å². The lowest BCUT2D eigenvalue weighted by molar-refractivity contribution is 1.28. The second-order valence-electron chi connectivity index (χ2n) is 13.7. The van der Waals surface area contributed by atoms with E-state index >= 15 is 0 Å². The Kier molecular flexibility index (Phi) is 7.55. The van der Waals surface area contributed by atoms with Gasteiger partial charge in [0.05, 0.1) is 5.69 Å². The molecule has 1 heteroatoms. The second kappa shape index (κ2) is 13.0. The summed E-state index contributed by atoms with van der Waals surface area (Å²) in [5.74, 6) is 0. The first-order valence-corrected chi connectivity index (χ1v) is 18.3. The molecule has 0 saturated carbocycles. The fraction of sp³-hybridized carbons (Fsp3) is 0. The van der Waals surface area contributed by atoms with Crippen molar-refractivity contribution < 1.29 is 0 Å². The molecule has 0 radical (unpaired) electrons. The van der Waals surface area contributed by atoms with Crippen LogP contribution in [-0.4, -0.2) is 0 Å². The average molecular weight is 674 g/mol. The number of rotatable bonds is 6. The molecular weight excluding hydrogens is 639 g/mol. The van der Waals surface area contributed by atoms with Gasteiger partial charge in [-0.2, -0.15) is 0 Å². The molecule has 0 aliphatic carbocycles. The van der Waals surface area contributed by atoms with E-state index in [-0.39, 0.29) is 0 Å². The van der Waals surface area contributed by atoms with Crippen LogP contribution in [0.1, 0.15) is 0 Å². The van der Waals surface area contributed by atoms with Crippen molar-refractivity contribution in [3.05, 3.63) is 212 Å². The lowest BCUT2D eigenvalue weighted by Gasteiger charge is -2.28. The van der Waals surface area contributed by atoms with Gasteiger partial charge < -0.3 is 4.90 Å². The fourth-order valence-corrected chi connectivity index (χ4v) is 8.12.